The topological polar surface area (TPSA) is 50.9 Å². The van der Waals surface area contributed by atoms with Gasteiger partial charge in [0.1, 0.15) is 6.10 Å². The van der Waals surface area contributed by atoms with Gasteiger partial charge in [-0.15, -0.1) is 0 Å². The summed E-state index contributed by atoms with van der Waals surface area (Å²) in [5.74, 6) is 0. The Kier molecular flexibility index (Phi) is 4.00. The third-order valence-electron chi connectivity index (χ3n) is 3.36. The number of hydrogen-bond donors (Lipinski definition) is 1. The molecule has 0 spiro atoms. The standard InChI is InChI=1S/C15H21N3O/c1-5-12-7-13(18(4)17-12)8-14(19)15-11(3)6-10(2)9-16-15/h6-7,9,14,19H,5,8H2,1-4H3. The van der Waals surface area contributed by atoms with Crippen LogP contribution in [-0.4, -0.2) is 19.9 Å². The summed E-state index contributed by atoms with van der Waals surface area (Å²) in [6.45, 7) is 6.07. The van der Waals surface area contributed by atoms with Crippen molar-refractivity contribution in [2.24, 2.45) is 7.05 Å². The zero-order valence-corrected chi connectivity index (χ0v) is 12.0. The van der Waals surface area contributed by atoms with E-state index in [9.17, 15) is 5.11 Å². The van der Waals surface area contributed by atoms with Gasteiger partial charge in [-0.25, -0.2) is 0 Å². The molecule has 1 N–H and O–H groups in total. The Balaban J connectivity index is 2.20. The summed E-state index contributed by atoms with van der Waals surface area (Å²) in [6.07, 6.45) is 2.67. The van der Waals surface area contributed by atoms with Gasteiger partial charge in [-0.1, -0.05) is 13.0 Å². The number of rotatable bonds is 4. The van der Waals surface area contributed by atoms with Crippen molar-refractivity contribution in [1.82, 2.24) is 14.8 Å². The lowest BCUT2D eigenvalue weighted by molar-refractivity contribution is 0.170. The lowest BCUT2D eigenvalue weighted by Crippen LogP contribution is -2.09. The first-order valence-corrected chi connectivity index (χ1v) is 6.64. The molecular formula is C15H21N3O. The first-order valence-electron chi connectivity index (χ1n) is 6.64. The molecule has 4 nitrogen and oxygen atoms in total. The van der Waals surface area contributed by atoms with Crippen LogP contribution in [0.25, 0.3) is 0 Å². The van der Waals surface area contributed by atoms with Crippen LogP contribution < -0.4 is 0 Å². The van der Waals surface area contributed by atoms with Crippen molar-refractivity contribution in [1.29, 1.82) is 0 Å². The van der Waals surface area contributed by atoms with E-state index in [-0.39, 0.29) is 0 Å². The van der Waals surface area contributed by atoms with Crippen molar-refractivity contribution in [2.75, 3.05) is 0 Å². The molecule has 19 heavy (non-hydrogen) atoms. The Labute approximate surface area is 114 Å². The van der Waals surface area contributed by atoms with E-state index in [4.69, 9.17) is 0 Å². The number of aliphatic hydroxyl groups excluding tert-OH is 1. The minimum Gasteiger partial charge on any atom is -0.386 e. The summed E-state index contributed by atoms with van der Waals surface area (Å²) in [7, 11) is 1.91. The fraction of sp³-hybridized carbons (Fsp3) is 0.467. The normalized spacial score (nSPS) is 12.7. The minimum absolute atomic E-state index is 0.542. The van der Waals surface area contributed by atoms with Crippen LogP contribution in [0.5, 0.6) is 0 Å². The van der Waals surface area contributed by atoms with Gasteiger partial charge < -0.3 is 5.11 Å². The molecule has 0 aliphatic carbocycles. The van der Waals surface area contributed by atoms with Crippen LogP contribution in [0, 0.1) is 13.8 Å². The molecule has 2 aromatic heterocycles. The van der Waals surface area contributed by atoms with Crippen molar-refractivity contribution < 1.29 is 5.11 Å². The van der Waals surface area contributed by atoms with Gasteiger partial charge in [0, 0.05) is 25.4 Å². The number of aromatic nitrogens is 3. The first kappa shape index (κ1) is 13.7. The smallest absolute Gasteiger partial charge is 0.102 e. The highest BCUT2D eigenvalue weighted by molar-refractivity contribution is 5.26. The third kappa shape index (κ3) is 3.01. The Morgan fingerprint density at radius 3 is 2.63 bits per heavy atom. The lowest BCUT2D eigenvalue weighted by atomic mass is 10.0. The fourth-order valence-corrected chi connectivity index (χ4v) is 2.30. The molecule has 2 heterocycles. The number of hydrogen-bond acceptors (Lipinski definition) is 3. The van der Waals surface area contributed by atoms with Crippen LogP contribution in [0.15, 0.2) is 18.3 Å². The van der Waals surface area contributed by atoms with Crippen molar-refractivity contribution in [3.05, 3.63) is 46.5 Å². The van der Waals surface area contributed by atoms with E-state index in [1.54, 1.807) is 6.20 Å². The van der Waals surface area contributed by atoms with E-state index in [0.717, 1.165) is 34.6 Å². The van der Waals surface area contributed by atoms with Gasteiger partial charge in [-0.05, 0) is 37.5 Å². The summed E-state index contributed by atoms with van der Waals surface area (Å²) >= 11 is 0. The van der Waals surface area contributed by atoms with Gasteiger partial charge in [0.2, 0.25) is 0 Å². The average Bonchev–Trinajstić information content (AvgIpc) is 2.70. The van der Waals surface area contributed by atoms with Gasteiger partial charge >= 0.3 is 0 Å². The number of pyridine rings is 1. The summed E-state index contributed by atoms with van der Waals surface area (Å²) in [6, 6.07) is 4.10. The Hall–Kier alpha value is -1.68. The van der Waals surface area contributed by atoms with Gasteiger partial charge in [-0.3, -0.25) is 9.67 Å². The van der Waals surface area contributed by atoms with Crippen LogP contribution in [-0.2, 0) is 19.9 Å². The second kappa shape index (κ2) is 5.53. The second-order valence-electron chi connectivity index (χ2n) is 5.04. The zero-order valence-electron chi connectivity index (χ0n) is 12.0. The van der Waals surface area contributed by atoms with Crippen LogP contribution >= 0.6 is 0 Å². The largest absolute Gasteiger partial charge is 0.386 e. The molecule has 1 atom stereocenters. The monoisotopic (exact) mass is 259 g/mol. The molecule has 0 radical (unpaired) electrons. The molecule has 0 saturated carbocycles. The van der Waals surface area contributed by atoms with Crippen LogP contribution in [0.4, 0.5) is 0 Å². The third-order valence-corrected chi connectivity index (χ3v) is 3.36. The van der Waals surface area contributed by atoms with E-state index < -0.39 is 6.10 Å². The first-order chi connectivity index (χ1) is 9.01. The quantitative estimate of drug-likeness (QED) is 0.916. The van der Waals surface area contributed by atoms with Crippen LogP contribution in [0.2, 0.25) is 0 Å². The molecule has 2 rings (SSSR count). The number of aliphatic hydroxyl groups is 1. The fourth-order valence-electron chi connectivity index (χ4n) is 2.30. The molecule has 0 aromatic carbocycles. The van der Waals surface area contributed by atoms with Crippen LogP contribution in [0.1, 0.15) is 41.2 Å². The van der Waals surface area contributed by atoms with Gasteiger partial charge in [-0.2, -0.15) is 5.10 Å². The molecule has 0 saturated heterocycles. The number of aryl methyl sites for hydroxylation is 4. The molecule has 1 unspecified atom stereocenters. The van der Waals surface area contributed by atoms with E-state index in [1.807, 2.05) is 37.7 Å². The van der Waals surface area contributed by atoms with Crippen molar-refractivity contribution in [2.45, 2.75) is 39.7 Å². The average molecular weight is 259 g/mol. The van der Waals surface area contributed by atoms with Crippen LogP contribution in [0.3, 0.4) is 0 Å². The van der Waals surface area contributed by atoms with E-state index in [1.165, 1.54) is 0 Å². The second-order valence-corrected chi connectivity index (χ2v) is 5.04. The summed E-state index contributed by atoms with van der Waals surface area (Å²) in [4.78, 5) is 4.35. The Bertz CT molecular complexity index is 575. The summed E-state index contributed by atoms with van der Waals surface area (Å²) < 4.78 is 1.84. The maximum absolute atomic E-state index is 10.3. The van der Waals surface area contributed by atoms with E-state index >= 15 is 0 Å². The number of nitrogens with zero attached hydrogens (tertiary/aromatic N) is 3. The van der Waals surface area contributed by atoms with Gasteiger partial charge in [0.25, 0.3) is 0 Å². The summed E-state index contributed by atoms with van der Waals surface area (Å²) in [5.41, 5.74) is 4.99. The highest BCUT2D eigenvalue weighted by Crippen LogP contribution is 2.20. The molecule has 102 valence electrons. The van der Waals surface area contributed by atoms with E-state index in [0.29, 0.717) is 6.42 Å². The van der Waals surface area contributed by atoms with Gasteiger partial charge in [0.15, 0.2) is 0 Å². The molecule has 0 fully saturated rings. The predicted octanol–water partition coefficient (Wildman–Crippen LogP) is 2.27. The molecule has 0 aliphatic rings. The molecular weight excluding hydrogens is 238 g/mol. The van der Waals surface area contributed by atoms with E-state index in [2.05, 4.69) is 17.0 Å². The summed E-state index contributed by atoms with van der Waals surface area (Å²) in [5, 5.41) is 14.7. The van der Waals surface area contributed by atoms with Crippen molar-refractivity contribution in [3.8, 4) is 0 Å². The highest BCUT2D eigenvalue weighted by Gasteiger charge is 2.15. The zero-order chi connectivity index (χ0) is 14.0. The lowest BCUT2D eigenvalue weighted by Gasteiger charge is -2.13. The molecule has 2 aromatic rings. The van der Waals surface area contributed by atoms with Crippen molar-refractivity contribution >= 4 is 0 Å². The van der Waals surface area contributed by atoms with Gasteiger partial charge in [0.05, 0.1) is 11.4 Å². The van der Waals surface area contributed by atoms with Crippen molar-refractivity contribution in [3.63, 3.8) is 0 Å². The highest BCUT2D eigenvalue weighted by atomic mass is 16.3. The minimum atomic E-state index is -0.583. The Morgan fingerprint density at radius 1 is 1.32 bits per heavy atom. The Morgan fingerprint density at radius 2 is 2.05 bits per heavy atom. The maximum atomic E-state index is 10.3. The molecule has 0 bridgehead atoms. The maximum Gasteiger partial charge on any atom is 0.102 e. The molecule has 0 aliphatic heterocycles. The predicted molar refractivity (Wildman–Crippen MR) is 75.0 cm³/mol. The SMILES string of the molecule is CCc1cc(CC(O)c2ncc(C)cc2C)n(C)n1. The molecule has 0 amide bonds. The molecule has 4 heteroatoms.